The number of benzene rings is 2. The van der Waals surface area contributed by atoms with Crippen LogP contribution in [0.1, 0.15) is 47.4 Å². The van der Waals surface area contributed by atoms with E-state index in [0.29, 0.717) is 25.1 Å². The number of sulfonamides is 1. The van der Waals surface area contributed by atoms with E-state index in [1.807, 2.05) is 24.3 Å². The average Bonchev–Trinajstić information content (AvgIpc) is 2.88. The zero-order valence-electron chi connectivity index (χ0n) is 20.2. The van der Waals surface area contributed by atoms with Gasteiger partial charge >= 0.3 is 0 Å². The van der Waals surface area contributed by atoms with Crippen molar-refractivity contribution in [1.82, 2.24) is 15.0 Å². The Morgan fingerprint density at radius 3 is 2.78 bits per heavy atom. The lowest BCUT2D eigenvalue weighted by molar-refractivity contribution is 0.0981. The highest BCUT2D eigenvalue weighted by Crippen LogP contribution is 2.32. The van der Waals surface area contributed by atoms with Crippen molar-refractivity contribution in [2.45, 2.75) is 38.4 Å². The molecular formula is C27H31N3O5S. The van der Waals surface area contributed by atoms with Crippen LogP contribution < -0.4 is 14.8 Å². The van der Waals surface area contributed by atoms with Gasteiger partial charge in [-0.1, -0.05) is 31.2 Å². The Morgan fingerprint density at radius 2 is 2.00 bits per heavy atom. The minimum Gasteiger partial charge on any atom is -0.489 e. The number of pyridine rings is 1. The van der Waals surface area contributed by atoms with E-state index in [4.69, 9.17) is 4.74 Å². The Labute approximate surface area is 211 Å². The molecule has 1 aliphatic rings. The maximum Gasteiger partial charge on any atom is 0.264 e. The van der Waals surface area contributed by atoms with Gasteiger partial charge in [0.15, 0.2) is 0 Å². The predicted molar refractivity (Wildman–Crippen MR) is 138 cm³/mol. The number of aliphatic hydroxyl groups excluding tert-OH is 1. The second-order valence-corrected chi connectivity index (χ2v) is 10.7. The molecule has 0 spiro atoms. The van der Waals surface area contributed by atoms with Gasteiger partial charge in [-0.05, 0) is 66.3 Å². The molecule has 0 radical (unpaired) electrons. The van der Waals surface area contributed by atoms with Gasteiger partial charge in [-0.25, -0.2) is 13.1 Å². The van der Waals surface area contributed by atoms with Gasteiger partial charge in [0.2, 0.25) is 10.0 Å². The van der Waals surface area contributed by atoms with Gasteiger partial charge in [-0.15, -0.1) is 0 Å². The Kier molecular flexibility index (Phi) is 8.35. The first kappa shape index (κ1) is 25.8. The molecule has 2 aromatic carbocycles. The number of rotatable bonds is 10. The standard InChI is InChI=1S/C27H31N3O5S/c1-2-13-36(33,34)30-27(32)22-6-3-5-19(15-22)20-9-11-26-21(14-20)8-10-24(35-26)17-29-18-25(31)23-7-4-12-28-16-23/h3-7,9,11-12,14-16,24-25,29,31H,2,8,10,13,17-18H2,1H3,(H,30,32)/t24-,25-/m1/s1. The van der Waals surface area contributed by atoms with Crippen LogP contribution in [-0.4, -0.2) is 49.4 Å². The first-order chi connectivity index (χ1) is 17.3. The zero-order valence-corrected chi connectivity index (χ0v) is 21.0. The minimum absolute atomic E-state index is 0.00143. The Morgan fingerprint density at radius 1 is 1.17 bits per heavy atom. The average molecular weight is 510 g/mol. The highest BCUT2D eigenvalue weighted by Gasteiger charge is 2.21. The van der Waals surface area contributed by atoms with Crippen LogP contribution in [0.5, 0.6) is 5.75 Å². The maximum atomic E-state index is 12.5. The Hall–Kier alpha value is -3.27. The molecular weight excluding hydrogens is 478 g/mol. The third-order valence-electron chi connectivity index (χ3n) is 6.05. The molecule has 0 saturated heterocycles. The van der Waals surface area contributed by atoms with Crippen LogP contribution in [0.3, 0.4) is 0 Å². The molecule has 0 unspecified atom stereocenters. The van der Waals surface area contributed by atoms with Gasteiger partial charge in [-0.2, -0.15) is 0 Å². The molecule has 9 heteroatoms. The third-order valence-corrected chi connectivity index (χ3v) is 7.49. The van der Waals surface area contributed by atoms with Crippen LogP contribution in [0.25, 0.3) is 11.1 Å². The van der Waals surface area contributed by atoms with Gasteiger partial charge < -0.3 is 15.2 Å². The van der Waals surface area contributed by atoms with Crippen LogP contribution in [0.15, 0.2) is 67.0 Å². The number of nitrogens with one attached hydrogen (secondary N) is 2. The SMILES string of the molecule is CCCS(=O)(=O)NC(=O)c1cccc(-c2ccc3c(c2)CC[C@H](CNC[C@@H](O)c2cccnc2)O3)c1. The molecule has 2 atom stereocenters. The van der Waals surface area contributed by atoms with Crippen molar-refractivity contribution in [3.05, 3.63) is 83.7 Å². The number of carbonyl (C=O) groups is 1. The summed E-state index contributed by atoms with van der Waals surface area (Å²) in [6, 6.07) is 16.5. The number of hydrogen-bond acceptors (Lipinski definition) is 7. The highest BCUT2D eigenvalue weighted by atomic mass is 32.2. The van der Waals surface area contributed by atoms with Crippen molar-refractivity contribution in [3.63, 3.8) is 0 Å². The number of carbonyl (C=O) groups excluding carboxylic acids is 1. The fraction of sp³-hybridized carbons (Fsp3) is 0.333. The number of aliphatic hydroxyl groups is 1. The summed E-state index contributed by atoms with van der Waals surface area (Å²) in [5, 5.41) is 13.6. The largest absolute Gasteiger partial charge is 0.489 e. The van der Waals surface area contributed by atoms with E-state index in [2.05, 4.69) is 21.1 Å². The van der Waals surface area contributed by atoms with Crippen LogP contribution in [-0.2, 0) is 16.4 Å². The van der Waals surface area contributed by atoms with Crippen LogP contribution >= 0.6 is 0 Å². The molecule has 190 valence electrons. The molecule has 1 aliphatic heterocycles. The van der Waals surface area contributed by atoms with E-state index in [0.717, 1.165) is 40.8 Å². The number of ether oxygens (including phenoxy) is 1. The zero-order chi connectivity index (χ0) is 25.5. The quantitative estimate of drug-likeness (QED) is 0.384. The molecule has 0 saturated carbocycles. The number of aryl methyl sites for hydroxylation is 1. The van der Waals surface area contributed by atoms with Crippen molar-refractivity contribution in [2.24, 2.45) is 0 Å². The van der Waals surface area contributed by atoms with Crippen molar-refractivity contribution in [2.75, 3.05) is 18.8 Å². The van der Waals surface area contributed by atoms with Crippen molar-refractivity contribution in [3.8, 4) is 16.9 Å². The summed E-state index contributed by atoms with van der Waals surface area (Å²) >= 11 is 0. The van der Waals surface area contributed by atoms with Gasteiger partial charge in [0.25, 0.3) is 5.91 Å². The maximum absolute atomic E-state index is 12.5. The lowest BCUT2D eigenvalue weighted by atomic mass is 9.96. The fourth-order valence-corrected chi connectivity index (χ4v) is 5.24. The molecule has 3 aromatic rings. The summed E-state index contributed by atoms with van der Waals surface area (Å²) in [6.07, 6.45) is 4.83. The van der Waals surface area contributed by atoms with E-state index in [1.165, 1.54) is 0 Å². The van der Waals surface area contributed by atoms with E-state index in [1.54, 1.807) is 43.6 Å². The second-order valence-electron chi connectivity index (χ2n) is 8.89. The van der Waals surface area contributed by atoms with Gasteiger partial charge in [-0.3, -0.25) is 9.78 Å². The lowest BCUT2D eigenvalue weighted by Crippen LogP contribution is -2.36. The number of amides is 1. The topological polar surface area (TPSA) is 118 Å². The van der Waals surface area contributed by atoms with Crippen molar-refractivity contribution in [1.29, 1.82) is 0 Å². The molecule has 4 rings (SSSR count). The monoisotopic (exact) mass is 509 g/mol. The molecule has 0 fully saturated rings. The highest BCUT2D eigenvalue weighted by molar-refractivity contribution is 7.90. The summed E-state index contributed by atoms with van der Waals surface area (Å²) in [5.74, 6) is 0.102. The predicted octanol–water partition coefficient (Wildman–Crippen LogP) is 3.24. The number of nitrogens with zero attached hydrogens (tertiary/aromatic N) is 1. The normalized spacial score (nSPS) is 16.0. The Bertz CT molecular complexity index is 1300. The van der Waals surface area contributed by atoms with E-state index >= 15 is 0 Å². The first-order valence-corrected chi connectivity index (χ1v) is 13.7. The summed E-state index contributed by atoms with van der Waals surface area (Å²) < 4.78 is 32.2. The fourth-order valence-electron chi connectivity index (χ4n) is 4.20. The van der Waals surface area contributed by atoms with Crippen LogP contribution in [0, 0.1) is 0 Å². The molecule has 0 bridgehead atoms. The second kappa shape index (κ2) is 11.6. The number of hydrogen-bond donors (Lipinski definition) is 3. The van der Waals surface area contributed by atoms with E-state index in [-0.39, 0.29) is 11.9 Å². The summed E-state index contributed by atoms with van der Waals surface area (Å²) in [7, 11) is -3.64. The Balaban J connectivity index is 1.36. The van der Waals surface area contributed by atoms with Crippen molar-refractivity contribution < 1.29 is 23.1 Å². The summed E-state index contributed by atoms with van der Waals surface area (Å²) in [4.78, 5) is 16.5. The lowest BCUT2D eigenvalue weighted by Gasteiger charge is -2.27. The van der Waals surface area contributed by atoms with Crippen LogP contribution in [0.2, 0.25) is 0 Å². The molecule has 1 aromatic heterocycles. The molecule has 1 amide bonds. The third kappa shape index (κ3) is 6.69. The van der Waals surface area contributed by atoms with Gasteiger partial charge in [0, 0.05) is 36.6 Å². The van der Waals surface area contributed by atoms with Crippen molar-refractivity contribution >= 4 is 15.9 Å². The molecule has 0 aliphatic carbocycles. The number of fused-ring (bicyclic) bond motifs is 1. The van der Waals surface area contributed by atoms with E-state index in [9.17, 15) is 18.3 Å². The molecule has 3 N–H and O–H groups in total. The minimum atomic E-state index is -3.64. The number of aromatic nitrogens is 1. The molecule has 2 heterocycles. The smallest absolute Gasteiger partial charge is 0.264 e. The van der Waals surface area contributed by atoms with Gasteiger partial charge in [0.1, 0.15) is 11.9 Å². The van der Waals surface area contributed by atoms with E-state index < -0.39 is 22.0 Å². The molecule has 8 nitrogen and oxygen atoms in total. The summed E-state index contributed by atoms with van der Waals surface area (Å²) in [6.45, 7) is 2.79. The van der Waals surface area contributed by atoms with Crippen LogP contribution in [0.4, 0.5) is 0 Å². The van der Waals surface area contributed by atoms with Gasteiger partial charge in [0.05, 0.1) is 11.9 Å². The summed E-state index contributed by atoms with van der Waals surface area (Å²) in [5.41, 5.74) is 3.91. The molecule has 36 heavy (non-hydrogen) atoms. The first-order valence-electron chi connectivity index (χ1n) is 12.1.